The van der Waals surface area contributed by atoms with Gasteiger partial charge in [0, 0.05) is 11.1 Å². The molecule has 138 valence electrons. The minimum Gasteiger partial charge on any atom is -0.496 e. The number of rotatable bonds is 5. The van der Waals surface area contributed by atoms with E-state index in [4.69, 9.17) is 9.84 Å². The molecular formula is C22H17N3O3. The summed E-state index contributed by atoms with van der Waals surface area (Å²) in [6, 6.07) is 22.4. The molecule has 0 aliphatic rings. The Morgan fingerprint density at radius 2 is 1.71 bits per heavy atom. The number of para-hydroxylation sites is 1. The van der Waals surface area contributed by atoms with Crippen molar-refractivity contribution in [2.45, 2.75) is 0 Å². The molecule has 0 atom stereocenters. The Morgan fingerprint density at radius 1 is 0.964 bits per heavy atom. The lowest BCUT2D eigenvalue weighted by atomic mass is 10.0. The number of nitrogens with zero attached hydrogens (tertiary/aromatic N) is 3. The van der Waals surface area contributed by atoms with E-state index in [9.17, 15) is 4.79 Å². The van der Waals surface area contributed by atoms with Crippen molar-refractivity contribution in [3.8, 4) is 33.8 Å². The van der Waals surface area contributed by atoms with Crippen molar-refractivity contribution in [3.05, 3.63) is 84.6 Å². The van der Waals surface area contributed by atoms with Crippen molar-refractivity contribution < 1.29 is 14.6 Å². The van der Waals surface area contributed by atoms with Crippen LogP contribution in [0.3, 0.4) is 0 Å². The zero-order chi connectivity index (χ0) is 19.5. The van der Waals surface area contributed by atoms with Crippen LogP contribution in [0.25, 0.3) is 28.1 Å². The van der Waals surface area contributed by atoms with Gasteiger partial charge in [-0.1, -0.05) is 53.7 Å². The lowest BCUT2D eigenvalue weighted by molar-refractivity contribution is 0.0697. The largest absolute Gasteiger partial charge is 0.496 e. The molecule has 0 unspecified atom stereocenters. The number of hydrogen-bond donors (Lipinski definition) is 1. The van der Waals surface area contributed by atoms with Gasteiger partial charge in [-0.2, -0.15) is 0 Å². The number of hydrogen-bond acceptors (Lipinski definition) is 4. The molecule has 1 N–H and O–H groups in total. The van der Waals surface area contributed by atoms with Crippen molar-refractivity contribution in [2.24, 2.45) is 0 Å². The molecule has 4 aromatic rings. The summed E-state index contributed by atoms with van der Waals surface area (Å²) in [6.07, 6.45) is 1.78. The van der Waals surface area contributed by atoms with E-state index in [1.807, 2.05) is 48.5 Å². The second kappa shape index (κ2) is 7.36. The number of aromatic nitrogens is 3. The minimum absolute atomic E-state index is 0.204. The van der Waals surface area contributed by atoms with Crippen LogP contribution in [0.1, 0.15) is 10.4 Å². The standard InChI is InChI=1S/C22H17N3O3/c1-28-21-8-3-2-7-19(21)15-9-11-16(12-10-15)20-14-25(24-23-20)18-6-4-5-17(13-18)22(26)27/h2-14H,1H3,(H,26,27). The Morgan fingerprint density at radius 3 is 2.46 bits per heavy atom. The van der Waals surface area contributed by atoms with Gasteiger partial charge < -0.3 is 9.84 Å². The van der Waals surface area contributed by atoms with Gasteiger partial charge in [-0.3, -0.25) is 0 Å². The van der Waals surface area contributed by atoms with Crippen molar-refractivity contribution in [1.82, 2.24) is 15.0 Å². The molecule has 0 bridgehead atoms. The lowest BCUT2D eigenvalue weighted by Crippen LogP contribution is -2.00. The van der Waals surface area contributed by atoms with Crippen molar-refractivity contribution in [3.63, 3.8) is 0 Å². The molecule has 3 aromatic carbocycles. The maximum absolute atomic E-state index is 11.2. The molecule has 0 aliphatic heterocycles. The summed E-state index contributed by atoms with van der Waals surface area (Å²) in [5, 5.41) is 17.5. The number of carboxylic acids is 1. The number of carbonyl (C=O) groups is 1. The van der Waals surface area contributed by atoms with Crippen molar-refractivity contribution in [1.29, 1.82) is 0 Å². The van der Waals surface area contributed by atoms with E-state index in [1.54, 1.807) is 42.3 Å². The second-order valence-electron chi connectivity index (χ2n) is 6.18. The summed E-state index contributed by atoms with van der Waals surface area (Å²) in [5.41, 5.74) is 4.53. The number of ether oxygens (including phenoxy) is 1. The van der Waals surface area contributed by atoms with Gasteiger partial charge in [0.1, 0.15) is 11.4 Å². The fourth-order valence-electron chi connectivity index (χ4n) is 3.01. The Hall–Kier alpha value is -3.93. The fraction of sp³-hybridized carbons (Fsp3) is 0.0455. The number of aromatic carboxylic acids is 1. The van der Waals surface area contributed by atoms with E-state index in [0.717, 1.165) is 22.4 Å². The normalized spacial score (nSPS) is 10.6. The summed E-state index contributed by atoms with van der Waals surface area (Å²) < 4.78 is 6.99. The quantitative estimate of drug-likeness (QED) is 0.566. The Balaban J connectivity index is 1.63. The van der Waals surface area contributed by atoms with Gasteiger partial charge >= 0.3 is 5.97 Å². The van der Waals surface area contributed by atoms with E-state index >= 15 is 0 Å². The van der Waals surface area contributed by atoms with Gasteiger partial charge in [0.25, 0.3) is 0 Å². The van der Waals surface area contributed by atoms with Crippen LogP contribution in [0, 0.1) is 0 Å². The monoisotopic (exact) mass is 371 g/mol. The van der Waals surface area contributed by atoms with E-state index in [-0.39, 0.29) is 5.56 Å². The molecule has 28 heavy (non-hydrogen) atoms. The summed E-state index contributed by atoms with van der Waals surface area (Å²) >= 11 is 0. The van der Waals surface area contributed by atoms with Gasteiger partial charge in [0.15, 0.2) is 0 Å². The molecule has 6 nitrogen and oxygen atoms in total. The molecule has 1 heterocycles. The number of carboxylic acid groups (broad SMARTS) is 1. The SMILES string of the molecule is COc1ccccc1-c1ccc(-c2cn(-c3cccc(C(=O)O)c3)nn2)cc1. The smallest absolute Gasteiger partial charge is 0.335 e. The molecule has 4 rings (SSSR count). The summed E-state index contributed by atoms with van der Waals surface area (Å²) in [6.45, 7) is 0. The molecule has 1 aromatic heterocycles. The molecule has 0 saturated heterocycles. The van der Waals surface area contributed by atoms with Gasteiger partial charge in [-0.15, -0.1) is 5.10 Å². The van der Waals surface area contributed by atoms with E-state index in [1.165, 1.54) is 0 Å². The Labute approximate surface area is 161 Å². The molecule has 0 amide bonds. The van der Waals surface area contributed by atoms with Gasteiger partial charge in [-0.25, -0.2) is 9.48 Å². The highest BCUT2D eigenvalue weighted by Gasteiger charge is 2.10. The third-order valence-electron chi connectivity index (χ3n) is 4.45. The Bertz CT molecular complexity index is 1130. The number of benzene rings is 3. The van der Waals surface area contributed by atoms with Crippen molar-refractivity contribution >= 4 is 5.97 Å². The van der Waals surface area contributed by atoms with Gasteiger partial charge in [0.05, 0.1) is 24.6 Å². The second-order valence-corrected chi connectivity index (χ2v) is 6.18. The average Bonchev–Trinajstić information content (AvgIpc) is 3.24. The topological polar surface area (TPSA) is 77.2 Å². The molecule has 0 saturated carbocycles. The Kier molecular flexibility index (Phi) is 4.60. The van der Waals surface area contributed by atoms with Crippen LogP contribution in [-0.4, -0.2) is 33.2 Å². The molecule has 0 spiro atoms. The van der Waals surface area contributed by atoms with Crippen LogP contribution in [0.5, 0.6) is 5.75 Å². The molecule has 6 heteroatoms. The zero-order valence-electron chi connectivity index (χ0n) is 15.1. The first-order valence-corrected chi connectivity index (χ1v) is 8.65. The maximum Gasteiger partial charge on any atom is 0.335 e. The molecule has 0 radical (unpaired) electrons. The van der Waals surface area contributed by atoms with Crippen LogP contribution in [0.2, 0.25) is 0 Å². The third-order valence-corrected chi connectivity index (χ3v) is 4.45. The molecular weight excluding hydrogens is 354 g/mol. The van der Waals surface area contributed by atoms with Gasteiger partial charge in [0.2, 0.25) is 0 Å². The average molecular weight is 371 g/mol. The first-order chi connectivity index (χ1) is 13.7. The van der Waals surface area contributed by atoms with Crippen LogP contribution in [0.4, 0.5) is 0 Å². The van der Waals surface area contributed by atoms with Gasteiger partial charge in [-0.05, 0) is 29.8 Å². The first kappa shape index (κ1) is 17.5. The third kappa shape index (κ3) is 3.35. The fourth-order valence-corrected chi connectivity index (χ4v) is 3.01. The maximum atomic E-state index is 11.2. The highest BCUT2D eigenvalue weighted by Crippen LogP contribution is 2.31. The van der Waals surface area contributed by atoms with Crippen LogP contribution in [0.15, 0.2) is 79.0 Å². The molecule has 0 aliphatic carbocycles. The van der Waals surface area contributed by atoms with E-state index in [2.05, 4.69) is 10.3 Å². The van der Waals surface area contributed by atoms with Crippen LogP contribution >= 0.6 is 0 Å². The molecule has 0 fully saturated rings. The zero-order valence-corrected chi connectivity index (χ0v) is 15.1. The highest BCUT2D eigenvalue weighted by molar-refractivity contribution is 5.88. The highest BCUT2D eigenvalue weighted by atomic mass is 16.5. The number of methoxy groups -OCH3 is 1. The minimum atomic E-state index is -0.978. The summed E-state index contributed by atoms with van der Waals surface area (Å²) in [4.78, 5) is 11.2. The van der Waals surface area contributed by atoms with Crippen LogP contribution in [-0.2, 0) is 0 Å². The predicted octanol–water partition coefficient (Wildman–Crippen LogP) is 4.31. The summed E-state index contributed by atoms with van der Waals surface area (Å²) in [5.74, 6) is -0.159. The lowest BCUT2D eigenvalue weighted by Gasteiger charge is -2.08. The van der Waals surface area contributed by atoms with E-state index < -0.39 is 5.97 Å². The van der Waals surface area contributed by atoms with Crippen molar-refractivity contribution in [2.75, 3.05) is 7.11 Å². The summed E-state index contributed by atoms with van der Waals surface area (Å²) in [7, 11) is 1.66. The predicted molar refractivity (Wildman–Crippen MR) is 106 cm³/mol. The first-order valence-electron chi connectivity index (χ1n) is 8.65. The van der Waals surface area contributed by atoms with E-state index in [0.29, 0.717) is 11.4 Å². The van der Waals surface area contributed by atoms with Crippen LogP contribution < -0.4 is 4.74 Å².